The molecule has 1 saturated heterocycles. The van der Waals surface area contributed by atoms with Crippen LogP contribution in [-0.2, 0) is 6.42 Å². The number of phenolic OH excluding ortho intramolecular Hbond substituents is 1. The molecule has 1 fully saturated rings. The van der Waals surface area contributed by atoms with Crippen LogP contribution in [0.15, 0.2) is 18.2 Å². The molecule has 1 aromatic rings. The van der Waals surface area contributed by atoms with Crippen LogP contribution in [0.25, 0.3) is 0 Å². The van der Waals surface area contributed by atoms with Crippen LogP contribution < -0.4 is 5.32 Å². The molecule has 0 bridgehead atoms. The molecule has 1 heterocycles. The summed E-state index contributed by atoms with van der Waals surface area (Å²) in [6.45, 7) is 1.05. The highest BCUT2D eigenvalue weighted by Crippen LogP contribution is 2.18. The highest BCUT2D eigenvalue weighted by atomic mass is 19.1. The molecule has 0 saturated carbocycles. The highest BCUT2D eigenvalue weighted by molar-refractivity contribution is 5.28. The monoisotopic (exact) mass is 223 g/mol. The first-order valence-corrected chi connectivity index (χ1v) is 5.96. The highest BCUT2D eigenvalue weighted by Gasteiger charge is 2.12. The minimum absolute atomic E-state index is 0.0172. The molecule has 0 amide bonds. The average molecular weight is 223 g/mol. The van der Waals surface area contributed by atoms with Crippen LogP contribution in [0.1, 0.15) is 31.2 Å². The standard InChI is InChI=1S/C13H18FNO/c14-11-6-10(8-13(16)9-11)7-12-4-2-1-3-5-15-12/h6,8-9,12,15-16H,1-5,7H2. The number of benzene rings is 1. The molecular formula is C13H18FNO. The van der Waals surface area contributed by atoms with Crippen LogP contribution >= 0.6 is 0 Å². The number of hydrogen-bond acceptors (Lipinski definition) is 2. The predicted molar refractivity (Wildman–Crippen MR) is 62.0 cm³/mol. The molecular weight excluding hydrogens is 205 g/mol. The third kappa shape index (κ3) is 3.20. The van der Waals surface area contributed by atoms with Crippen molar-refractivity contribution in [2.75, 3.05) is 6.54 Å². The number of halogens is 1. The van der Waals surface area contributed by atoms with E-state index in [2.05, 4.69) is 5.32 Å². The molecule has 1 atom stereocenters. The van der Waals surface area contributed by atoms with E-state index in [0.29, 0.717) is 6.04 Å². The minimum Gasteiger partial charge on any atom is -0.508 e. The maximum Gasteiger partial charge on any atom is 0.127 e. The third-order valence-electron chi connectivity index (χ3n) is 3.09. The van der Waals surface area contributed by atoms with Gasteiger partial charge in [0.25, 0.3) is 0 Å². The first-order valence-electron chi connectivity index (χ1n) is 5.96. The summed E-state index contributed by atoms with van der Waals surface area (Å²) in [7, 11) is 0. The van der Waals surface area contributed by atoms with E-state index in [9.17, 15) is 9.50 Å². The van der Waals surface area contributed by atoms with Crippen molar-refractivity contribution in [3.05, 3.63) is 29.6 Å². The van der Waals surface area contributed by atoms with Crippen molar-refractivity contribution in [2.24, 2.45) is 0 Å². The zero-order valence-corrected chi connectivity index (χ0v) is 9.38. The Morgan fingerprint density at radius 3 is 2.94 bits per heavy atom. The molecule has 1 unspecified atom stereocenters. The number of aromatic hydroxyl groups is 1. The second-order valence-corrected chi connectivity index (χ2v) is 4.52. The van der Waals surface area contributed by atoms with Crippen LogP contribution in [0.5, 0.6) is 5.75 Å². The molecule has 0 aromatic heterocycles. The van der Waals surface area contributed by atoms with Gasteiger partial charge in [0.05, 0.1) is 0 Å². The summed E-state index contributed by atoms with van der Waals surface area (Å²) in [6.07, 6.45) is 5.67. The fourth-order valence-corrected chi connectivity index (χ4v) is 2.31. The first-order chi connectivity index (χ1) is 7.74. The molecule has 2 rings (SSSR count). The summed E-state index contributed by atoms with van der Waals surface area (Å²) >= 11 is 0. The van der Waals surface area contributed by atoms with Gasteiger partial charge in [-0.15, -0.1) is 0 Å². The Morgan fingerprint density at radius 2 is 2.12 bits per heavy atom. The lowest BCUT2D eigenvalue weighted by molar-refractivity contribution is 0.464. The summed E-state index contributed by atoms with van der Waals surface area (Å²) in [5.74, 6) is -0.341. The van der Waals surface area contributed by atoms with Gasteiger partial charge in [0.15, 0.2) is 0 Å². The second-order valence-electron chi connectivity index (χ2n) is 4.52. The van der Waals surface area contributed by atoms with Crippen LogP contribution in [-0.4, -0.2) is 17.7 Å². The molecule has 0 aliphatic carbocycles. The number of phenols is 1. The van der Waals surface area contributed by atoms with Crippen LogP contribution in [0.3, 0.4) is 0 Å². The second kappa shape index (κ2) is 5.30. The van der Waals surface area contributed by atoms with E-state index in [1.807, 2.05) is 0 Å². The van der Waals surface area contributed by atoms with Gasteiger partial charge in [-0.1, -0.05) is 12.8 Å². The Hall–Kier alpha value is -1.09. The van der Waals surface area contributed by atoms with E-state index in [-0.39, 0.29) is 11.6 Å². The van der Waals surface area contributed by atoms with Gasteiger partial charge in [-0.3, -0.25) is 0 Å². The normalized spacial score (nSPS) is 21.7. The van der Waals surface area contributed by atoms with E-state index < -0.39 is 0 Å². The topological polar surface area (TPSA) is 32.3 Å². The average Bonchev–Trinajstić information content (AvgIpc) is 2.44. The summed E-state index contributed by atoms with van der Waals surface area (Å²) in [5, 5.41) is 12.8. The largest absolute Gasteiger partial charge is 0.508 e. The van der Waals surface area contributed by atoms with Crippen molar-refractivity contribution in [1.29, 1.82) is 0 Å². The van der Waals surface area contributed by atoms with E-state index in [1.54, 1.807) is 6.07 Å². The van der Waals surface area contributed by atoms with Crippen molar-refractivity contribution in [1.82, 2.24) is 5.32 Å². The number of rotatable bonds is 2. The number of hydrogen-bond donors (Lipinski definition) is 2. The van der Waals surface area contributed by atoms with Crippen molar-refractivity contribution >= 4 is 0 Å². The fourth-order valence-electron chi connectivity index (χ4n) is 2.31. The summed E-state index contributed by atoms with van der Waals surface area (Å²) < 4.78 is 13.1. The molecule has 88 valence electrons. The van der Waals surface area contributed by atoms with Crippen molar-refractivity contribution in [3.8, 4) is 5.75 Å². The van der Waals surface area contributed by atoms with E-state index in [1.165, 1.54) is 25.3 Å². The summed E-state index contributed by atoms with van der Waals surface area (Å²) in [5.41, 5.74) is 0.872. The van der Waals surface area contributed by atoms with Crippen molar-refractivity contribution in [3.63, 3.8) is 0 Å². The van der Waals surface area contributed by atoms with Gasteiger partial charge in [-0.05, 0) is 43.5 Å². The molecule has 1 aliphatic rings. The Morgan fingerprint density at radius 1 is 1.25 bits per heavy atom. The van der Waals surface area contributed by atoms with E-state index in [4.69, 9.17) is 0 Å². The van der Waals surface area contributed by atoms with E-state index in [0.717, 1.165) is 31.0 Å². The fraction of sp³-hybridized carbons (Fsp3) is 0.538. The zero-order chi connectivity index (χ0) is 11.4. The van der Waals surface area contributed by atoms with Gasteiger partial charge in [-0.25, -0.2) is 4.39 Å². The van der Waals surface area contributed by atoms with E-state index >= 15 is 0 Å². The van der Waals surface area contributed by atoms with Crippen LogP contribution in [0.2, 0.25) is 0 Å². The quantitative estimate of drug-likeness (QED) is 0.807. The Balaban J connectivity index is 2.01. The molecule has 0 spiro atoms. The van der Waals surface area contributed by atoms with Crippen molar-refractivity contribution in [2.45, 2.75) is 38.1 Å². The predicted octanol–water partition coefficient (Wildman–Crippen LogP) is 2.61. The first kappa shape index (κ1) is 11.4. The molecule has 0 radical (unpaired) electrons. The van der Waals surface area contributed by atoms with Gasteiger partial charge in [0.2, 0.25) is 0 Å². The van der Waals surface area contributed by atoms with Crippen molar-refractivity contribution < 1.29 is 9.50 Å². The Labute approximate surface area is 95.5 Å². The maximum atomic E-state index is 13.1. The zero-order valence-electron chi connectivity index (χ0n) is 9.38. The SMILES string of the molecule is Oc1cc(F)cc(CC2CCCCCN2)c1. The molecule has 1 aliphatic heterocycles. The third-order valence-corrected chi connectivity index (χ3v) is 3.09. The summed E-state index contributed by atoms with van der Waals surface area (Å²) in [4.78, 5) is 0. The molecule has 2 nitrogen and oxygen atoms in total. The lowest BCUT2D eigenvalue weighted by atomic mass is 10.0. The summed E-state index contributed by atoms with van der Waals surface area (Å²) in [6, 6.07) is 4.72. The van der Waals surface area contributed by atoms with Gasteiger partial charge >= 0.3 is 0 Å². The lowest BCUT2D eigenvalue weighted by Crippen LogP contribution is -2.30. The van der Waals surface area contributed by atoms with Crippen LogP contribution in [0, 0.1) is 5.82 Å². The molecule has 1 aromatic carbocycles. The number of nitrogens with one attached hydrogen (secondary N) is 1. The van der Waals surface area contributed by atoms with Gasteiger partial charge < -0.3 is 10.4 Å². The van der Waals surface area contributed by atoms with Gasteiger partial charge in [0, 0.05) is 12.1 Å². The molecule has 2 N–H and O–H groups in total. The molecule has 3 heteroatoms. The Kier molecular flexibility index (Phi) is 3.78. The minimum atomic E-state index is -0.358. The maximum absolute atomic E-state index is 13.1. The molecule has 16 heavy (non-hydrogen) atoms. The van der Waals surface area contributed by atoms with Gasteiger partial charge in [0.1, 0.15) is 11.6 Å². The Bertz CT molecular complexity index is 326. The smallest absolute Gasteiger partial charge is 0.127 e. The lowest BCUT2D eigenvalue weighted by Gasteiger charge is -2.15. The van der Waals surface area contributed by atoms with Gasteiger partial charge in [-0.2, -0.15) is 0 Å². The van der Waals surface area contributed by atoms with Crippen LogP contribution in [0.4, 0.5) is 4.39 Å².